The largest absolute Gasteiger partial charge is 0.256 e. The zero-order valence-corrected chi connectivity index (χ0v) is 12.9. The maximum atomic E-state index is 4.67. The van der Waals surface area contributed by atoms with E-state index < -0.39 is 0 Å². The second-order valence-corrected chi connectivity index (χ2v) is 5.11. The first-order chi connectivity index (χ1) is 9.72. The summed E-state index contributed by atoms with van der Waals surface area (Å²) in [4.78, 5) is 4.67. The quantitative estimate of drug-likeness (QED) is 0.744. The molecule has 1 aromatic heterocycles. The molecule has 1 heterocycles. The molecule has 0 radical (unpaired) electrons. The molecular formula is C19H23N. The number of aromatic nitrogens is 1. The molecule has 1 aromatic rings. The minimum atomic E-state index is 0.448. The van der Waals surface area contributed by atoms with Crippen molar-refractivity contribution in [2.75, 3.05) is 0 Å². The molecule has 1 aliphatic rings. The summed E-state index contributed by atoms with van der Waals surface area (Å²) < 4.78 is 0. The fourth-order valence-electron chi connectivity index (χ4n) is 2.78. The normalized spacial score (nSPS) is 21.3. The van der Waals surface area contributed by atoms with Gasteiger partial charge in [0, 0.05) is 17.3 Å². The van der Waals surface area contributed by atoms with Gasteiger partial charge in [-0.25, -0.2) is 0 Å². The van der Waals surface area contributed by atoms with Crippen LogP contribution >= 0.6 is 0 Å². The Hall–Kier alpha value is -1.89. The predicted molar refractivity (Wildman–Crippen MR) is 88.4 cm³/mol. The van der Waals surface area contributed by atoms with Gasteiger partial charge in [-0.1, -0.05) is 42.0 Å². The first kappa shape index (κ1) is 14.5. The van der Waals surface area contributed by atoms with Crippen LogP contribution < -0.4 is 10.4 Å². The maximum absolute atomic E-state index is 4.67. The fourth-order valence-corrected chi connectivity index (χ4v) is 2.78. The van der Waals surface area contributed by atoms with E-state index in [1.165, 1.54) is 21.6 Å². The van der Waals surface area contributed by atoms with E-state index in [0.717, 1.165) is 12.1 Å². The Morgan fingerprint density at radius 3 is 2.70 bits per heavy atom. The van der Waals surface area contributed by atoms with Gasteiger partial charge in [0.15, 0.2) is 0 Å². The molecule has 1 unspecified atom stereocenters. The molecule has 1 heteroatoms. The van der Waals surface area contributed by atoms with Crippen LogP contribution in [-0.2, 0) is 0 Å². The Balaban J connectivity index is 2.67. The molecule has 0 spiro atoms. The van der Waals surface area contributed by atoms with Crippen LogP contribution in [-0.4, -0.2) is 4.98 Å². The zero-order valence-electron chi connectivity index (χ0n) is 12.9. The Morgan fingerprint density at radius 2 is 2.05 bits per heavy atom. The zero-order chi connectivity index (χ0) is 14.5. The lowest BCUT2D eigenvalue weighted by atomic mass is 9.83. The van der Waals surface area contributed by atoms with Crippen LogP contribution in [0.15, 0.2) is 42.1 Å². The summed E-state index contributed by atoms with van der Waals surface area (Å²) in [5, 5.41) is 2.50. The number of hydrogen-bond donors (Lipinski definition) is 0. The molecule has 0 aromatic carbocycles. The van der Waals surface area contributed by atoms with E-state index in [-0.39, 0.29) is 0 Å². The van der Waals surface area contributed by atoms with Gasteiger partial charge in [0.1, 0.15) is 0 Å². The van der Waals surface area contributed by atoms with E-state index in [9.17, 15) is 0 Å². The maximum Gasteiger partial charge on any atom is 0.0742 e. The smallest absolute Gasteiger partial charge is 0.0742 e. The first-order valence-corrected chi connectivity index (χ1v) is 7.30. The lowest BCUT2D eigenvalue weighted by molar-refractivity contribution is 0.779. The molecule has 104 valence electrons. The summed E-state index contributed by atoms with van der Waals surface area (Å²) in [7, 11) is 0. The number of rotatable bonds is 2. The van der Waals surface area contributed by atoms with Crippen molar-refractivity contribution in [3.8, 4) is 0 Å². The molecule has 0 bridgehead atoms. The van der Waals surface area contributed by atoms with Crippen LogP contribution in [0.2, 0.25) is 0 Å². The van der Waals surface area contributed by atoms with Crippen molar-refractivity contribution in [1.82, 2.24) is 4.98 Å². The van der Waals surface area contributed by atoms with Crippen LogP contribution in [0.25, 0.3) is 17.7 Å². The van der Waals surface area contributed by atoms with E-state index in [1.807, 2.05) is 6.20 Å². The average Bonchev–Trinajstić information content (AvgIpc) is 2.53. The van der Waals surface area contributed by atoms with Crippen molar-refractivity contribution in [1.29, 1.82) is 0 Å². The van der Waals surface area contributed by atoms with Crippen molar-refractivity contribution < 1.29 is 0 Å². The third-order valence-corrected chi connectivity index (χ3v) is 4.06. The van der Waals surface area contributed by atoms with Gasteiger partial charge in [0.2, 0.25) is 0 Å². The molecule has 2 rings (SSSR count). The third kappa shape index (κ3) is 2.67. The van der Waals surface area contributed by atoms with Crippen LogP contribution in [0.3, 0.4) is 0 Å². The van der Waals surface area contributed by atoms with E-state index in [0.29, 0.717) is 5.92 Å². The van der Waals surface area contributed by atoms with E-state index in [2.05, 4.69) is 75.2 Å². The summed E-state index contributed by atoms with van der Waals surface area (Å²) in [5.74, 6) is 0.448. The summed E-state index contributed by atoms with van der Waals surface area (Å²) in [6.45, 7) is 8.49. The number of allylic oxidation sites excluding steroid dienone is 6. The molecule has 0 aliphatic heterocycles. The highest BCUT2D eigenvalue weighted by Gasteiger charge is 2.19. The lowest BCUT2D eigenvalue weighted by Gasteiger charge is -2.22. The lowest BCUT2D eigenvalue weighted by Crippen LogP contribution is -2.30. The van der Waals surface area contributed by atoms with Crippen molar-refractivity contribution >= 4 is 17.7 Å². The molecule has 1 atom stereocenters. The minimum Gasteiger partial charge on any atom is -0.256 e. The molecular weight excluding hydrogens is 242 g/mol. The predicted octanol–water partition coefficient (Wildman–Crippen LogP) is 3.61. The average molecular weight is 265 g/mol. The van der Waals surface area contributed by atoms with E-state index in [4.69, 9.17) is 0 Å². The van der Waals surface area contributed by atoms with Gasteiger partial charge >= 0.3 is 0 Å². The third-order valence-electron chi connectivity index (χ3n) is 4.06. The molecule has 0 amide bonds. The van der Waals surface area contributed by atoms with Gasteiger partial charge in [0.05, 0.1) is 5.69 Å². The van der Waals surface area contributed by atoms with Gasteiger partial charge in [-0.05, 0) is 51.0 Å². The molecule has 1 nitrogen and oxygen atoms in total. The van der Waals surface area contributed by atoms with Gasteiger partial charge in [0.25, 0.3) is 0 Å². The Bertz CT molecular complexity index is 687. The highest BCUT2D eigenvalue weighted by Crippen LogP contribution is 2.32. The highest BCUT2D eigenvalue weighted by molar-refractivity contribution is 5.71. The van der Waals surface area contributed by atoms with Crippen LogP contribution in [0.4, 0.5) is 0 Å². The number of pyridine rings is 1. The summed E-state index contributed by atoms with van der Waals surface area (Å²) in [6, 6.07) is 2.08. The Morgan fingerprint density at radius 1 is 1.25 bits per heavy atom. The van der Waals surface area contributed by atoms with Crippen LogP contribution in [0.1, 0.15) is 39.8 Å². The topological polar surface area (TPSA) is 12.9 Å². The fraction of sp³-hybridized carbons (Fsp3) is 0.316. The SMILES string of the molecule is CC=C(C)C1CC=CC=C1c1nccc(=C/C)/c1=C\C. The minimum absolute atomic E-state index is 0.448. The Kier molecular flexibility index (Phi) is 4.73. The molecule has 20 heavy (non-hydrogen) atoms. The van der Waals surface area contributed by atoms with Crippen LogP contribution in [0.5, 0.6) is 0 Å². The summed E-state index contributed by atoms with van der Waals surface area (Å²) in [5.41, 5.74) is 3.87. The first-order valence-electron chi connectivity index (χ1n) is 7.30. The summed E-state index contributed by atoms with van der Waals surface area (Å²) in [6.07, 6.45) is 16.1. The van der Waals surface area contributed by atoms with Crippen molar-refractivity contribution in [2.45, 2.75) is 34.1 Å². The second kappa shape index (κ2) is 6.51. The molecule has 0 saturated carbocycles. The molecule has 0 N–H and O–H groups in total. The standard InChI is InChI=1S/C19H23N/c1-5-14(4)17-10-8-9-11-18(17)19-16(7-3)15(6-2)12-13-20-19/h5-9,11-13,17H,10H2,1-4H3/b14-5?,15-6-,16-7+. The van der Waals surface area contributed by atoms with E-state index >= 15 is 0 Å². The molecule has 1 aliphatic carbocycles. The van der Waals surface area contributed by atoms with Gasteiger partial charge in [-0.15, -0.1) is 0 Å². The molecule has 0 fully saturated rings. The van der Waals surface area contributed by atoms with Gasteiger partial charge < -0.3 is 0 Å². The van der Waals surface area contributed by atoms with E-state index in [1.54, 1.807) is 0 Å². The van der Waals surface area contributed by atoms with Crippen LogP contribution in [0, 0.1) is 5.92 Å². The van der Waals surface area contributed by atoms with Crippen molar-refractivity contribution in [3.05, 3.63) is 58.3 Å². The van der Waals surface area contributed by atoms with Gasteiger partial charge in [-0.2, -0.15) is 0 Å². The van der Waals surface area contributed by atoms with Crippen molar-refractivity contribution in [3.63, 3.8) is 0 Å². The highest BCUT2D eigenvalue weighted by atomic mass is 14.7. The van der Waals surface area contributed by atoms with Gasteiger partial charge in [-0.3, -0.25) is 4.98 Å². The molecule has 0 saturated heterocycles. The number of hydrogen-bond acceptors (Lipinski definition) is 1. The second-order valence-electron chi connectivity index (χ2n) is 5.11. The number of nitrogens with zero attached hydrogens (tertiary/aromatic N) is 1. The monoisotopic (exact) mass is 265 g/mol. The van der Waals surface area contributed by atoms with Crippen molar-refractivity contribution in [2.24, 2.45) is 5.92 Å². The Labute approximate surface area is 121 Å². The summed E-state index contributed by atoms with van der Waals surface area (Å²) >= 11 is 0.